The quantitative estimate of drug-likeness (QED) is 0.805. The van der Waals surface area contributed by atoms with Gasteiger partial charge in [0.1, 0.15) is 5.75 Å². The fourth-order valence-electron chi connectivity index (χ4n) is 3.56. The third-order valence-corrected chi connectivity index (χ3v) is 6.23. The molecule has 0 fully saturated rings. The minimum atomic E-state index is -3.56. The number of aromatic nitrogens is 2. The molecule has 0 atom stereocenters. The van der Waals surface area contributed by atoms with Gasteiger partial charge in [0.25, 0.3) is 0 Å². The summed E-state index contributed by atoms with van der Waals surface area (Å²) in [5.41, 5.74) is 4.21. The molecule has 3 rings (SSSR count). The average molecular weight is 378 g/mol. The predicted octanol–water partition coefficient (Wildman–Crippen LogP) is 2.76. The second kappa shape index (κ2) is 7.80. The molecule has 1 heterocycles. The Labute approximate surface area is 155 Å². The molecule has 0 aliphatic heterocycles. The van der Waals surface area contributed by atoms with E-state index in [1.165, 1.54) is 24.1 Å². The maximum absolute atomic E-state index is 12.6. The number of rotatable bonds is 7. The number of nitrogens with one attached hydrogen (secondary N) is 1. The molecule has 1 N–H and O–H groups in total. The van der Waals surface area contributed by atoms with Crippen LogP contribution in [0.5, 0.6) is 5.75 Å². The Hall–Kier alpha value is -1.86. The van der Waals surface area contributed by atoms with Crippen molar-refractivity contribution >= 4 is 10.0 Å². The number of hydrogen-bond donors (Lipinski definition) is 1. The number of benzene rings is 1. The Morgan fingerprint density at radius 1 is 1.19 bits per heavy atom. The predicted molar refractivity (Wildman–Crippen MR) is 101 cm³/mol. The topological polar surface area (TPSA) is 73.2 Å². The number of aryl methyl sites for hydroxylation is 3. The van der Waals surface area contributed by atoms with Gasteiger partial charge in [0.05, 0.1) is 24.2 Å². The molecule has 2 aromatic rings. The van der Waals surface area contributed by atoms with E-state index in [0.717, 1.165) is 29.7 Å². The van der Waals surface area contributed by atoms with Crippen LogP contribution in [0.1, 0.15) is 42.1 Å². The third-order valence-electron chi connectivity index (χ3n) is 4.79. The van der Waals surface area contributed by atoms with Crippen molar-refractivity contribution in [1.82, 2.24) is 14.5 Å². The van der Waals surface area contributed by atoms with Crippen LogP contribution in [-0.4, -0.2) is 31.3 Å². The van der Waals surface area contributed by atoms with Crippen molar-refractivity contribution in [3.05, 3.63) is 40.7 Å². The zero-order chi connectivity index (χ0) is 18.7. The Morgan fingerprint density at radius 2 is 1.88 bits per heavy atom. The highest BCUT2D eigenvalue weighted by atomic mass is 32.2. The maximum Gasteiger partial charge on any atom is 0.240 e. The monoisotopic (exact) mass is 377 g/mol. The number of nitrogens with zero attached hydrogens (tertiary/aromatic N) is 2. The van der Waals surface area contributed by atoms with E-state index in [9.17, 15) is 8.42 Å². The van der Waals surface area contributed by atoms with E-state index in [2.05, 4.69) is 9.82 Å². The van der Waals surface area contributed by atoms with Gasteiger partial charge in [-0.3, -0.25) is 4.68 Å². The van der Waals surface area contributed by atoms with Gasteiger partial charge in [0.15, 0.2) is 0 Å². The van der Waals surface area contributed by atoms with E-state index in [1.807, 2.05) is 31.6 Å². The van der Waals surface area contributed by atoms with Crippen LogP contribution >= 0.6 is 0 Å². The van der Waals surface area contributed by atoms with Gasteiger partial charge in [0.2, 0.25) is 10.0 Å². The second-order valence-corrected chi connectivity index (χ2v) is 8.53. The molecule has 0 saturated heterocycles. The van der Waals surface area contributed by atoms with Gasteiger partial charge in [-0.05, 0) is 75.3 Å². The first-order chi connectivity index (χ1) is 12.4. The Kier molecular flexibility index (Phi) is 5.67. The Morgan fingerprint density at radius 3 is 2.58 bits per heavy atom. The summed E-state index contributed by atoms with van der Waals surface area (Å²) in [7, 11) is -3.56. The van der Waals surface area contributed by atoms with Crippen LogP contribution in [-0.2, 0) is 29.4 Å². The molecule has 1 aliphatic carbocycles. The Balaban J connectivity index is 1.69. The first kappa shape index (κ1) is 18.9. The van der Waals surface area contributed by atoms with Crippen LogP contribution in [0.25, 0.3) is 0 Å². The van der Waals surface area contributed by atoms with Crippen LogP contribution in [0.3, 0.4) is 0 Å². The van der Waals surface area contributed by atoms with Gasteiger partial charge in [-0.1, -0.05) is 0 Å². The molecular formula is C19H27N3O3S. The van der Waals surface area contributed by atoms with E-state index >= 15 is 0 Å². The first-order valence-corrected chi connectivity index (χ1v) is 10.7. The first-order valence-electron chi connectivity index (χ1n) is 9.19. The van der Waals surface area contributed by atoms with Crippen molar-refractivity contribution in [3.63, 3.8) is 0 Å². The number of fused-ring (bicyclic) bond motifs is 1. The normalized spacial score (nSPS) is 14.3. The van der Waals surface area contributed by atoms with Crippen LogP contribution in [0, 0.1) is 13.8 Å². The van der Waals surface area contributed by atoms with Crippen molar-refractivity contribution in [2.45, 2.75) is 57.9 Å². The van der Waals surface area contributed by atoms with Crippen molar-refractivity contribution in [2.75, 3.05) is 13.2 Å². The SMILES string of the molecule is CCOc1c(C)cc(S(=O)(=O)NCCn2ncc3c2CCCC3)cc1C. The lowest BCUT2D eigenvalue weighted by Gasteiger charge is -2.15. The lowest BCUT2D eigenvalue weighted by Crippen LogP contribution is -2.28. The van der Waals surface area contributed by atoms with E-state index < -0.39 is 10.0 Å². The van der Waals surface area contributed by atoms with E-state index in [-0.39, 0.29) is 4.90 Å². The highest BCUT2D eigenvalue weighted by Gasteiger charge is 2.18. The zero-order valence-electron chi connectivity index (χ0n) is 15.7. The second-order valence-electron chi connectivity index (χ2n) is 6.76. The molecule has 1 aliphatic rings. The molecule has 0 unspecified atom stereocenters. The highest BCUT2D eigenvalue weighted by Crippen LogP contribution is 2.27. The molecule has 6 nitrogen and oxygen atoms in total. The van der Waals surface area contributed by atoms with Crippen LogP contribution in [0.15, 0.2) is 23.2 Å². The van der Waals surface area contributed by atoms with Crippen LogP contribution in [0.2, 0.25) is 0 Å². The molecule has 0 radical (unpaired) electrons. The smallest absolute Gasteiger partial charge is 0.240 e. The van der Waals surface area contributed by atoms with Gasteiger partial charge >= 0.3 is 0 Å². The van der Waals surface area contributed by atoms with Crippen LogP contribution < -0.4 is 9.46 Å². The summed E-state index contributed by atoms with van der Waals surface area (Å²) < 4.78 is 35.5. The molecule has 26 heavy (non-hydrogen) atoms. The standard InChI is InChI=1S/C19H27N3O3S/c1-4-25-19-14(2)11-17(12-15(19)3)26(23,24)21-9-10-22-18-8-6-5-7-16(18)13-20-22/h11-13,21H,4-10H2,1-3H3. The largest absolute Gasteiger partial charge is 0.493 e. The number of hydrogen-bond acceptors (Lipinski definition) is 4. The van der Waals surface area contributed by atoms with Crippen LogP contribution in [0.4, 0.5) is 0 Å². The molecule has 0 bridgehead atoms. The van der Waals surface area contributed by atoms with Crippen molar-refractivity contribution in [3.8, 4) is 5.75 Å². The minimum Gasteiger partial charge on any atom is -0.493 e. The van der Waals surface area contributed by atoms with Crippen molar-refractivity contribution in [1.29, 1.82) is 0 Å². The van der Waals surface area contributed by atoms with E-state index in [0.29, 0.717) is 19.7 Å². The highest BCUT2D eigenvalue weighted by molar-refractivity contribution is 7.89. The number of sulfonamides is 1. The van der Waals surface area contributed by atoms with Crippen molar-refractivity contribution in [2.24, 2.45) is 0 Å². The average Bonchev–Trinajstić information content (AvgIpc) is 3.01. The lowest BCUT2D eigenvalue weighted by atomic mass is 9.98. The van der Waals surface area contributed by atoms with E-state index in [1.54, 1.807) is 12.1 Å². The van der Waals surface area contributed by atoms with Gasteiger partial charge in [-0.2, -0.15) is 5.10 Å². The Bertz CT molecular complexity index is 864. The summed E-state index contributed by atoms with van der Waals surface area (Å²) in [5.74, 6) is 0.759. The zero-order valence-corrected chi connectivity index (χ0v) is 16.5. The summed E-state index contributed by atoms with van der Waals surface area (Å²) in [6, 6.07) is 3.33. The summed E-state index contributed by atoms with van der Waals surface area (Å²) in [5, 5.41) is 4.42. The molecule has 142 valence electrons. The molecule has 0 saturated carbocycles. The van der Waals surface area contributed by atoms with Gasteiger partial charge < -0.3 is 4.74 Å². The lowest BCUT2D eigenvalue weighted by molar-refractivity contribution is 0.335. The molecule has 1 aromatic heterocycles. The molecular weight excluding hydrogens is 350 g/mol. The summed E-state index contributed by atoms with van der Waals surface area (Å²) in [6.07, 6.45) is 6.41. The fourth-order valence-corrected chi connectivity index (χ4v) is 4.75. The summed E-state index contributed by atoms with van der Waals surface area (Å²) in [4.78, 5) is 0.276. The van der Waals surface area contributed by atoms with E-state index in [4.69, 9.17) is 4.74 Å². The van der Waals surface area contributed by atoms with Gasteiger partial charge in [0, 0.05) is 12.2 Å². The fraction of sp³-hybridized carbons (Fsp3) is 0.526. The molecule has 1 aromatic carbocycles. The maximum atomic E-state index is 12.6. The van der Waals surface area contributed by atoms with Gasteiger partial charge in [-0.15, -0.1) is 0 Å². The van der Waals surface area contributed by atoms with Gasteiger partial charge in [-0.25, -0.2) is 13.1 Å². The molecule has 0 spiro atoms. The molecule has 7 heteroatoms. The molecule has 0 amide bonds. The third kappa shape index (κ3) is 3.94. The van der Waals surface area contributed by atoms with Crippen molar-refractivity contribution < 1.29 is 13.2 Å². The summed E-state index contributed by atoms with van der Waals surface area (Å²) in [6.45, 7) is 7.07. The number of ether oxygens (including phenoxy) is 1. The summed E-state index contributed by atoms with van der Waals surface area (Å²) >= 11 is 0. The minimum absolute atomic E-state index is 0.276.